The number of aromatic hydroxyl groups is 1. The van der Waals surface area contributed by atoms with Crippen LogP contribution in [0.25, 0.3) is 0 Å². The van der Waals surface area contributed by atoms with Crippen molar-refractivity contribution in [3.05, 3.63) is 29.8 Å². The maximum atomic E-state index is 9.80. The van der Waals surface area contributed by atoms with Crippen LogP contribution in [-0.4, -0.2) is 49.4 Å². The van der Waals surface area contributed by atoms with E-state index in [-0.39, 0.29) is 24.8 Å². The first kappa shape index (κ1) is 19.5. The van der Waals surface area contributed by atoms with Crippen molar-refractivity contribution in [2.24, 2.45) is 5.92 Å². The van der Waals surface area contributed by atoms with E-state index >= 15 is 0 Å². The molecular weight excluding hydrogens is 323 g/mol. The van der Waals surface area contributed by atoms with Crippen LogP contribution in [0.3, 0.4) is 0 Å². The zero-order valence-electron chi connectivity index (χ0n) is 12.7. The van der Waals surface area contributed by atoms with Crippen molar-refractivity contribution in [3.63, 3.8) is 0 Å². The summed E-state index contributed by atoms with van der Waals surface area (Å²) < 4.78 is 5.52. The van der Waals surface area contributed by atoms with E-state index in [9.17, 15) is 5.11 Å². The molecule has 3 rings (SSSR count). The van der Waals surface area contributed by atoms with E-state index < -0.39 is 0 Å². The number of halogens is 2. The standard InChI is InChI=1S/C16H24N2O2.2ClH/c19-15-3-1-2-14(12-15)16(13-4-10-20-11-5-13)18-8-6-17-7-9-18;;/h1-3,12-13,16-17,19H,4-11H2;2*1H/t16-;;/m0../s1. The Kier molecular flexibility index (Phi) is 8.50. The van der Waals surface area contributed by atoms with Gasteiger partial charge in [-0.1, -0.05) is 12.1 Å². The number of ether oxygens (including phenoxy) is 1. The Bertz CT molecular complexity index is 418. The molecular formula is C16H26Cl2N2O2. The molecule has 0 bridgehead atoms. The summed E-state index contributed by atoms with van der Waals surface area (Å²) in [7, 11) is 0. The van der Waals surface area contributed by atoms with Gasteiger partial charge in [-0.05, 0) is 36.5 Å². The van der Waals surface area contributed by atoms with Gasteiger partial charge in [-0.25, -0.2) is 0 Å². The Balaban J connectivity index is 0.00000121. The molecule has 0 unspecified atom stereocenters. The molecule has 2 saturated heterocycles. The SMILES string of the molecule is Cl.Cl.Oc1cccc([C@H](C2CCOCC2)N2CCNCC2)c1. The van der Waals surface area contributed by atoms with Crippen LogP contribution in [0, 0.1) is 5.92 Å². The molecule has 0 radical (unpaired) electrons. The van der Waals surface area contributed by atoms with Gasteiger partial charge in [-0.3, -0.25) is 4.90 Å². The van der Waals surface area contributed by atoms with Crippen LogP contribution >= 0.6 is 24.8 Å². The molecule has 1 atom stereocenters. The lowest BCUT2D eigenvalue weighted by Gasteiger charge is -2.41. The number of hydrogen-bond donors (Lipinski definition) is 2. The summed E-state index contributed by atoms with van der Waals surface area (Å²) in [5.41, 5.74) is 1.25. The van der Waals surface area contributed by atoms with Crippen molar-refractivity contribution in [1.29, 1.82) is 0 Å². The molecule has 2 fully saturated rings. The third-order valence-electron chi connectivity index (χ3n) is 4.47. The maximum Gasteiger partial charge on any atom is 0.115 e. The van der Waals surface area contributed by atoms with Gasteiger partial charge in [-0.15, -0.1) is 24.8 Å². The number of phenols is 1. The van der Waals surface area contributed by atoms with Crippen LogP contribution < -0.4 is 5.32 Å². The number of benzene rings is 1. The lowest BCUT2D eigenvalue weighted by Crippen LogP contribution is -2.47. The molecule has 0 spiro atoms. The van der Waals surface area contributed by atoms with Crippen molar-refractivity contribution in [1.82, 2.24) is 10.2 Å². The highest BCUT2D eigenvalue weighted by atomic mass is 35.5. The van der Waals surface area contributed by atoms with Gasteiger partial charge in [0.05, 0.1) is 0 Å². The van der Waals surface area contributed by atoms with Gasteiger partial charge in [-0.2, -0.15) is 0 Å². The van der Waals surface area contributed by atoms with Gasteiger partial charge in [0.25, 0.3) is 0 Å². The van der Waals surface area contributed by atoms with Gasteiger partial charge in [0.2, 0.25) is 0 Å². The van der Waals surface area contributed by atoms with E-state index in [0.717, 1.165) is 52.2 Å². The second-order valence-corrected chi connectivity index (χ2v) is 5.78. The van der Waals surface area contributed by atoms with Gasteiger partial charge >= 0.3 is 0 Å². The minimum atomic E-state index is 0. The molecule has 1 aromatic carbocycles. The molecule has 2 aliphatic heterocycles. The Morgan fingerprint density at radius 1 is 1.14 bits per heavy atom. The van der Waals surface area contributed by atoms with E-state index in [1.807, 2.05) is 12.1 Å². The minimum Gasteiger partial charge on any atom is -0.508 e. The monoisotopic (exact) mass is 348 g/mol. The fourth-order valence-electron chi connectivity index (χ4n) is 3.48. The van der Waals surface area contributed by atoms with Crippen molar-refractivity contribution in [2.75, 3.05) is 39.4 Å². The van der Waals surface area contributed by atoms with E-state index in [4.69, 9.17) is 4.74 Å². The van der Waals surface area contributed by atoms with Crippen molar-refractivity contribution in [2.45, 2.75) is 18.9 Å². The smallest absolute Gasteiger partial charge is 0.115 e. The molecule has 2 aliphatic rings. The van der Waals surface area contributed by atoms with Gasteiger partial charge < -0.3 is 15.2 Å². The Labute approximate surface area is 145 Å². The maximum absolute atomic E-state index is 9.80. The molecule has 2 heterocycles. The number of nitrogens with one attached hydrogen (secondary N) is 1. The average Bonchev–Trinajstić information content (AvgIpc) is 2.50. The van der Waals surface area contributed by atoms with Crippen LogP contribution in [0.2, 0.25) is 0 Å². The van der Waals surface area contributed by atoms with E-state index in [0.29, 0.717) is 17.7 Å². The van der Waals surface area contributed by atoms with Crippen LogP contribution in [0.4, 0.5) is 0 Å². The topological polar surface area (TPSA) is 44.7 Å². The summed E-state index contributed by atoms with van der Waals surface area (Å²) in [5.74, 6) is 0.998. The number of nitrogens with zero attached hydrogens (tertiary/aromatic N) is 1. The van der Waals surface area contributed by atoms with Crippen LogP contribution in [0.5, 0.6) is 5.75 Å². The summed E-state index contributed by atoms with van der Waals surface area (Å²) in [6.07, 6.45) is 2.23. The van der Waals surface area contributed by atoms with Gasteiger partial charge in [0.15, 0.2) is 0 Å². The summed E-state index contributed by atoms with van der Waals surface area (Å²) in [6, 6.07) is 8.21. The Morgan fingerprint density at radius 2 is 1.82 bits per heavy atom. The Morgan fingerprint density at radius 3 is 2.45 bits per heavy atom. The highest BCUT2D eigenvalue weighted by Gasteiger charge is 2.31. The van der Waals surface area contributed by atoms with Crippen LogP contribution in [0.1, 0.15) is 24.4 Å². The molecule has 0 aliphatic carbocycles. The Hall–Kier alpha value is -0.520. The van der Waals surface area contributed by atoms with E-state index in [1.54, 1.807) is 6.07 Å². The molecule has 0 aromatic heterocycles. The van der Waals surface area contributed by atoms with E-state index in [2.05, 4.69) is 16.3 Å². The predicted molar refractivity (Wildman–Crippen MR) is 93.3 cm³/mol. The molecule has 6 heteroatoms. The molecule has 1 aromatic rings. The minimum absolute atomic E-state index is 0. The third kappa shape index (κ3) is 4.74. The number of hydrogen-bond acceptors (Lipinski definition) is 4. The van der Waals surface area contributed by atoms with Crippen LogP contribution in [-0.2, 0) is 4.74 Å². The quantitative estimate of drug-likeness (QED) is 0.881. The number of rotatable bonds is 3. The largest absolute Gasteiger partial charge is 0.508 e. The van der Waals surface area contributed by atoms with Crippen molar-refractivity contribution >= 4 is 24.8 Å². The van der Waals surface area contributed by atoms with Crippen LogP contribution in [0.15, 0.2) is 24.3 Å². The lowest BCUT2D eigenvalue weighted by molar-refractivity contribution is 0.0212. The third-order valence-corrected chi connectivity index (χ3v) is 4.47. The first-order valence-electron chi connectivity index (χ1n) is 7.66. The zero-order valence-corrected chi connectivity index (χ0v) is 14.4. The summed E-state index contributed by atoms with van der Waals surface area (Å²) in [6.45, 7) is 6.00. The molecule has 126 valence electrons. The molecule has 0 saturated carbocycles. The normalized spacial score (nSPS) is 21.5. The van der Waals surface area contributed by atoms with E-state index in [1.165, 1.54) is 5.56 Å². The zero-order chi connectivity index (χ0) is 13.8. The molecule has 22 heavy (non-hydrogen) atoms. The number of phenolic OH excluding ortho intramolecular Hbond substituents is 1. The highest BCUT2D eigenvalue weighted by molar-refractivity contribution is 5.85. The molecule has 4 nitrogen and oxygen atoms in total. The number of piperazine rings is 1. The first-order valence-corrected chi connectivity index (χ1v) is 7.66. The van der Waals surface area contributed by atoms with Gasteiger partial charge in [0, 0.05) is 45.4 Å². The van der Waals surface area contributed by atoms with Crippen molar-refractivity contribution < 1.29 is 9.84 Å². The fourth-order valence-corrected chi connectivity index (χ4v) is 3.48. The first-order chi connectivity index (χ1) is 9.84. The summed E-state index contributed by atoms with van der Waals surface area (Å²) in [5, 5.41) is 13.2. The van der Waals surface area contributed by atoms with Gasteiger partial charge in [0.1, 0.15) is 5.75 Å². The van der Waals surface area contributed by atoms with Crippen molar-refractivity contribution in [3.8, 4) is 5.75 Å². The second-order valence-electron chi connectivity index (χ2n) is 5.78. The molecule has 2 N–H and O–H groups in total. The lowest BCUT2D eigenvalue weighted by atomic mass is 9.85. The summed E-state index contributed by atoms with van der Waals surface area (Å²) in [4.78, 5) is 2.57. The molecule has 0 amide bonds. The summed E-state index contributed by atoms with van der Waals surface area (Å²) >= 11 is 0. The fraction of sp³-hybridized carbons (Fsp3) is 0.625. The highest BCUT2D eigenvalue weighted by Crippen LogP contribution is 2.36. The predicted octanol–water partition coefficient (Wildman–Crippen LogP) is 2.61. The average molecular weight is 349 g/mol. The second kappa shape index (κ2) is 9.58.